The van der Waals surface area contributed by atoms with E-state index < -0.39 is 5.97 Å². The Morgan fingerprint density at radius 3 is 2.89 bits per heavy atom. The summed E-state index contributed by atoms with van der Waals surface area (Å²) in [4.78, 5) is 10.8. The summed E-state index contributed by atoms with van der Waals surface area (Å²) >= 11 is 6.15. The maximum atomic E-state index is 10.8. The number of aromatic amines is 1. The van der Waals surface area contributed by atoms with E-state index in [2.05, 4.69) is 10.2 Å². The molecule has 0 fully saturated rings. The van der Waals surface area contributed by atoms with E-state index in [1.54, 1.807) is 0 Å². The lowest BCUT2D eigenvalue weighted by Crippen LogP contribution is -1.95. The molecule has 0 bridgehead atoms. The van der Waals surface area contributed by atoms with E-state index >= 15 is 0 Å². The van der Waals surface area contributed by atoms with Crippen LogP contribution in [0.3, 0.4) is 0 Å². The first kappa shape index (κ1) is 11.8. The highest BCUT2D eigenvalue weighted by Crippen LogP contribution is 2.29. The molecule has 2 aromatic heterocycles. The number of fused-ring (bicyclic) bond motifs is 1. The number of aromatic nitrogens is 3. The monoisotopic (exact) mass is 275 g/mol. The third kappa shape index (κ3) is 1.88. The summed E-state index contributed by atoms with van der Waals surface area (Å²) in [5.74, 6) is -1.03. The highest BCUT2D eigenvalue weighted by Gasteiger charge is 2.11. The van der Waals surface area contributed by atoms with Crippen molar-refractivity contribution in [2.24, 2.45) is 7.05 Å². The van der Waals surface area contributed by atoms with Crippen LogP contribution in [-0.2, 0) is 7.05 Å². The van der Waals surface area contributed by atoms with Gasteiger partial charge in [0.25, 0.3) is 0 Å². The van der Waals surface area contributed by atoms with Gasteiger partial charge in [-0.05, 0) is 18.2 Å². The molecule has 0 spiro atoms. The van der Waals surface area contributed by atoms with E-state index in [0.717, 1.165) is 16.5 Å². The Morgan fingerprint density at radius 1 is 1.42 bits per heavy atom. The molecular weight excluding hydrogens is 266 g/mol. The predicted octanol–water partition coefficient (Wildman–Crippen LogP) is 2.92. The summed E-state index contributed by atoms with van der Waals surface area (Å²) in [5, 5.41) is 16.9. The van der Waals surface area contributed by atoms with E-state index in [1.165, 1.54) is 6.07 Å². The van der Waals surface area contributed by atoms with Gasteiger partial charge < -0.3 is 9.67 Å². The topological polar surface area (TPSA) is 70.9 Å². The van der Waals surface area contributed by atoms with Gasteiger partial charge in [-0.1, -0.05) is 17.7 Å². The van der Waals surface area contributed by atoms with Crippen molar-refractivity contribution in [2.45, 2.75) is 0 Å². The third-order valence-electron chi connectivity index (χ3n) is 3.04. The maximum absolute atomic E-state index is 10.8. The molecule has 19 heavy (non-hydrogen) atoms. The lowest BCUT2D eigenvalue weighted by Gasteiger charge is -1.99. The van der Waals surface area contributed by atoms with Crippen molar-refractivity contribution < 1.29 is 9.90 Å². The summed E-state index contributed by atoms with van der Waals surface area (Å²) in [6.07, 6.45) is 1.84. The van der Waals surface area contributed by atoms with Crippen molar-refractivity contribution in [3.63, 3.8) is 0 Å². The number of hydrogen-bond donors (Lipinski definition) is 2. The molecule has 0 aliphatic carbocycles. The number of H-pyrrole nitrogens is 1. The van der Waals surface area contributed by atoms with Crippen LogP contribution < -0.4 is 0 Å². The van der Waals surface area contributed by atoms with Crippen LogP contribution in [0, 0.1) is 0 Å². The fourth-order valence-electron chi connectivity index (χ4n) is 2.08. The number of carbonyl (C=O) groups is 1. The van der Waals surface area contributed by atoms with Gasteiger partial charge in [0.15, 0.2) is 0 Å². The number of aromatic carboxylic acids is 1. The molecule has 0 aliphatic rings. The summed E-state index contributed by atoms with van der Waals surface area (Å²) in [5.41, 5.74) is 2.49. The standard InChI is InChI=1S/C13H10ClN3O2/c1-17-6-9(14)8-4-7(2-3-12(8)17)10-5-11(13(18)19)16-15-10/h2-6H,1H3,(H,15,16)(H,18,19). The Morgan fingerprint density at radius 2 is 2.21 bits per heavy atom. The van der Waals surface area contributed by atoms with Crippen LogP contribution >= 0.6 is 11.6 Å². The average Bonchev–Trinajstić information content (AvgIpc) is 2.96. The minimum Gasteiger partial charge on any atom is -0.477 e. The van der Waals surface area contributed by atoms with Gasteiger partial charge in [-0.15, -0.1) is 0 Å². The summed E-state index contributed by atoms with van der Waals surface area (Å²) in [6, 6.07) is 7.23. The van der Waals surface area contributed by atoms with Crippen molar-refractivity contribution in [1.29, 1.82) is 0 Å². The van der Waals surface area contributed by atoms with Crippen molar-refractivity contribution in [1.82, 2.24) is 14.8 Å². The predicted molar refractivity (Wildman–Crippen MR) is 72.5 cm³/mol. The molecule has 2 N–H and O–H groups in total. The van der Waals surface area contributed by atoms with E-state index in [-0.39, 0.29) is 5.69 Å². The first-order valence-electron chi connectivity index (χ1n) is 5.60. The van der Waals surface area contributed by atoms with Gasteiger partial charge in [-0.3, -0.25) is 5.10 Å². The second-order valence-electron chi connectivity index (χ2n) is 4.29. The minimum atomic E-state index is -1.03. The summed E-state index contributed by atoms with van der Waals surface area (Å²) < 4.78 is 1.94. The van der Waals surface area contributed by atoms with Crippen LogP contribution in [0.2, 0.25) is 5.02 Å². The Bertz CT molecular complexity index is 788. The van der Waals surface area contributed by atoms with E-state index in [1.807, 2.05) is 36.0 Å². The van der Waals surface area contributed by atoms with Crippen LogP contribution in [0.5, 0.6) is 0 Å². The number of carboxylic acids is 1. The zero-order valence-corrected chi connectivity index (χ0v) is 10.8. The van der Waals surface area contributed by atoms with Crippen LogP contribution in [0.15, 0.2) is 30.5 Å². The second-order valence-corrected chi connectivity index (χ2v) is 4.70. The molecule has 0 aliphatic heterocycles. The van der Waals surface area contributed by atoms with Crippen LogP contribution in [-0.4, -0.2) is 25.8 Å². The third-order valence-corrected chi connectivity index (χ3v) is 3.35. The fourth-order valence-corrected chi connectivity index (χ4v) is 2.38. The maximum Gasteiger partial charge on any atom is 0.353 e. The molecule has 0 saturated heterocycles. The molecule has 0 atom stereocenters. The highest BCUT2D eigenvalue weighted by atomic mass is 35.5. The molecule has 0 radical (unpaired) electrons. The van der Waals surface area contributed by atoms with E-state index in [0.29, 0.717) is 10.7 Å². The zero-order valence-electron chi connectivity index (χ0n) is 10.0. The van der Waals surface area contributed by atoms with E-state index in [9.17, 15) is 4.79 Å². The molecular formula is C13H10ClN3O2. The number of aryl methyl sites for hydroxylation is 1. The van der Waals surface area contributed by atoms with Crippen LogP contribution in [0.4, 0.5) is 0 Å². The van der Waals surface area contributed by atoms with Gasteiger partial charge in [0.2, 0.25) is 0 Å². The second kappa shape index (κ2) is 4.13. The van der Waals surface area contributed by atoms with Crippen molar-refractivity contribution in [3.8, 4) is 11.3 Å². The van der Waals surface area contributed by atoms with Crippen molar-refractivity contribution >= 4 is 28.5 Å². The lowest BCUT2D eigenvalue weighted by atomic mass is 10.1. The van der Waals surface area contributed by atoms with Crippen molar-refractivity contribution in [3.05, 3.63) is 41.2 Å². The number of benzene rings is 1. The number of nitrogens with zero attached hydrogens (tertiary/aromatic N) is 2. The van der Waals surface area contributed by atoms with E-state index in [4.69, 9.17) is 16.7 Å². The molecule has 96 valence electrons. The largest absolute Gasteiger partial charge is 0.477 e. The Balaban J connectivity index is 2.14. The van der Waals surface area contributed by atoms with Gasteiger partial charge >= 0.3 is 5.97 Å². The molecule has 5 nitrogen and oxygen atoms in total. The summed E-state index contributed by atoms with van der Waals surface area (Å²) in [7, 11) is 1.92. The van der Waals surface area contributed by atoms with Gasteiger partial charge in [0.1, 0.15) is 5.69 Å². The molecule has 3 aromatic rings. The quantitative estimate of drug-likeness (QED) is 0.755. The summed E-state index contributed by atoms with van der Waals surface area (Å²) in [6.45, 7) is 0. The molecule has 0 saturated carbocycles. The molecule has 1 aromatic carbocycles. The minimum absolute atomic E-state index is 0.0641. The Kier molecular flexibility index (Phi) is 2.57. The molecule has 0 amide bonds. The van der Waals surface area contributed by atoms with Crippen molar-refractivity contribution in [2.75, 3.05) is 0 Å². The number of hydrogen-bond acceptors (Lipinski definition) is 2. The van der Waals surface area contributed by atoms with Crippen LogP contribution in [0.1, 0.15) is 10.5 Å². The first-order chi connectivity index (χ1) is 9.06. The average molecular weight is 276 g/mol. The molecule has 0 unspecified atom stereocenters. The number of carboxylic acid groups (broad SMARTS) is 1. The first-order valence-corrected chi connectivity index (χ1v) is 5.97. The molecule has 2 heterocycles. The zero-order chi connectivity index (χ0) is 13.6. The van der Waals surface area contributed by atoms with Crippen LogP contribution in [0.25, 0.3) is 22.2 Å². The molecule has 6 heteroatoms. The lowest BCUT2D eigenvalue weighted by molar-refractivity contribution is 0.0690. The molecule has 3 rings (SSSR count). The Labute approximate surface area is 113 Å². The number of nitrogens with one attached hydrogen (secondary N) is 1. The fraction of sp³-hybridized carbons (Fsp3) is 0.0769. The highest BCUT2D eigenvalue weighted by molar-refractivity contribution is 6.35. The smallest absolute Gasteiger partial charge is 0.353 e. The van der Waals surface area contributed by atoms with Gasteiger partial charge in [-0.2, -0.15) is 5.10 Å². The SMILES string of the molecule is Cn1cc(Cl)c2cc(-c3cc(C(=O)O)[nH]n3)ccc21. The normalized spacial score (nSPS) is 11.1. The number of rotatable bonds is 2. The van der Waals surface area contributed by atoms with Gasteiger partial charge in [0.05, 0.1) is 10.7 Å². The van der Waals surface area contributed by atoms with Gasteiger partial charge in [-0.25, -0.2) is 4.79 Å². The van der Waals surface area contributed by atoms with Gasteiger partial charge in [0, 0.05) is 29.7 Å². The number of halogens is 1. The Hall–Kier alpha value is -2.27.